The van der Waals surface area contributed by atoms with Crippen molar-refractivity contribution in [3.63, 3.8) is 0 Å². The molecule has 1 unspecified atom stereocenters. The summed E-state index contributed by atoms with van der Waals surface area (Å²) in [4.78, 5) is 0. The van der Waals surface area contributed by atoms with E-state index in [0.29, 0.717) is 38.0 Å². The lowest BCUT2D eigenvalue weighted by atomic mass is 10.1. The fraction of sp³-hybridized carbons (Fsp3) is 0.600. The van der Waals surface area contributed by atoms with Crippen LogP contribution < -0.4 is 10.1 Å². The summed E-state index contributed by atoms with van der Waals surface area (Å²) < 4.78 is 38.3. The zero-order valence-corrected chi connectivity index (χ0v) is 11.3. The first-order valence-electron chi connectivity index (χ1n) is 7.14. The molecule has 1 aromatic carbocycles. The third-order valence-electron chi connectivity index (χ3n) is 3.72. The van der Waals surface area contributed by atoms with E-state index in [1.165, 1.54) is 12.1 Å². The Balaban J connectivity index is 1.60. The Labute approximate surface area is 117 Å². The summed E-state index contributed by atoms with van der Waals surface area (Å²) in [6, 6.07) is 3.21. The van der Waals surface area contributed by atoms with Crippen molar-refractivity contribution in [2.24, 2.45) is 5.92 Å². The summed E-state index contributed by atoms with van der Waals surface area (Å²) in [5.74, 6) is -1.30. The van der Waals surface area contributed by atoms with Gasteiger partial charge < -0.3 is 14.8 Å². The van der Waals surface area contributed by atoms with E-state index in [-0.39, 0.29) is 11.7 Å². The molecule has 1 saturated heterocycles. The van der Waals surface area contributed by atoms with E-state index in [2.05, 4.69) is 5.32 Å². The van der Waals surface area contributed by atoms with Crippen molar-refractivity contribution in [3.05, 3.63) is 29.3 Å². The van der Waals surface area contributed by atoms with E-state index in [0.717, 1.165) is 19.3 Å². The smallest absolute Gasteiger partial charge is 0.190 e. The molecule has 0 aromatic heterocycles. The van der Waals surface area contributed by atoms with Gasteiger partial charge in [-0.15, -0.1) is 0 Å². The lowest BCUT2D eigenvalue weighted by Crippen LogP contribution is -2.16. The minimum Gasteiger partial charge on any atom is -0.487 e. The molecule has 1 saturated carbocycles. The number of hydrogen-bond donors (Lipinski definition) is 1. The first kappa shape index (κ1) is 13.8. The fourth-order valence-corrected chi connectivity index (χ4v) is 2.32. The third kappa shape index (κ3) is 3.46. The van der Waals surface area contributed by atoms with E-state index in [1.807, 2.05) is 0 Å². The maximum atomic E-state index is 13.9. The first-order chi connectivity index (χ1) is 9.72. The van der Waals surface area contributed by atoms with Crippen LogP contribution >= 0.6 is 0 Å². The molecular formula is C15H19F2NO2. The van der Waals surface area contributed by atoms with Gasteiger partial charge in [0.25, 0.3) is 0 Å². The minimum absolute atomic E-state index is 0.227. The van der Waals surface area contributed by atoms with Gasteiger partial charge in [-0.2, -0.15) is 0 Å². The molecule has 1 aliphatic heterocycles. The van der Waals surface area contributed by atoms with Crippen LogP contribution in [-0.4, -0.2) is 25.9 Å². The number of benzene rings is 1. The number of ether oxygens (including phenoxy) is 2. The molecule has 3 rings (SSSR count). The molecule has 1 atom stereocenters. The molecule has 1 heterocycles. The van der Waals surface area contributed by atoms with Gasteiger partial charge >= 0.3 is 0 Å². The SMILES string of the molecule is Fc1cc(CNC2CC2)cc(F)c1OCC1CCOC1. The molecule has 110 valence electrons. The second-order valence-corrected chi connectivity index (χ2v) is 5.58. The van der Waals surface area contributed by atoms with E-state index in [1.54, 1.807) is 0 Å². The molecule has 1 aliphatic carbocycles. The van der Waals surface area contributed by atoms with Crippen molar-refractivity contribution in [3.8, 4) is 5.75 Å². The zero-order chi connectivity index (χ0) is 13.9. The van der Waals surface area contributed by atoms with Gasteiger partial charge in [0.2, 0.25) is 0 Å². The van der Waals surface area contributed by atoms with E-state index in [9.17, 15) is 8.78 Å². The summed E-state index contributed by atoms with van der Waals surface area (Å²) in [5.41, 5.74) is 0.614. The summed E-state index contributed by atoms with van der Waals surface area (Å²) in [6.45, 7) is 2.10. The maximum Gasteiger partial charge on any atom is 0.190 e. The fourth-order valence-electron chi connectivity index (χ4n) is 2.32. The number of nitrogens with one attached hydrogen (secondary N) is 1. The highest BCUT2D eigenvalue weighted by Gasteiger charge is 2.22. The summed E-state index contributed by atoms with van der Waals surface area (Å²) in [7, 11) is 0. The second kappa shape index (κ2) is 6.06. The molecule has 1 aromatic rings. The molecule has 0 radical (unpaired) electrons. The van der Waals surface area contributed by atoms with Gasteiger partial charge in [0.15, 0.2) is 17.4 Å². The Morgan fingerprint density at radius 2 is 1.95 bits per heavy atom. The van der Waals surface area contributed by atoms with Gasteiger partial charge in [-0.25, -0.2) is 8.78 Å². The molecule has 3 nitrogen and oxygen atoms in total. The first-order valence-corrected chi connectivity index (χ1v) is 7.14. The molecule has 0 amide bonds. The lowest BCUT2D eigenvalue weighted by molar-refractivity contribution is 0.163. The zero-order valence-electron chi connectivity index (χ0n) is 11.3. The minimum atomic E-state index is -0.628. The highest BCUT2D eigenvalue weighted by Crippen LogP contribution is 2.26. The van der Waals surface area contributed by atoms with Gasteiger partial charge in [0.1, 0.15) is 0 Å². The Kier molecular flexibility index (Phi) is 4.17. The molecule has 0 bridgehead atoms. The van der Waals surface area contributed by atoms with E-state index in [4.69, 9.17) is 9.47 Å². The van der Waals surface area contributed by atoms with Gasteiger partial charge in [0.05, 0.1) is 13.2 Å². The van der Waals surface area contributed by atoms with Crippen molar-refractivity contribution in [2.45, 2.75) is 31.8 Å². The van der Waals surface area contributed by atoms with Gasteiger partial charge in [0, 0.05) is 25.1 Å². The van der Waals surface area contributed by atoms with Gasteiger partial charge in [-0.3, -0.25) is 0 Å². The van der Waals surface area contributed by atoms with Crippen molar-refractivity contribution in [1.82, 2.24) is 5.32 Å². The highest BCUT2D eigenvalue weighted by atomic mass is 19.1. The monoisotopic (exact) mass is 283 g/mol. The van der Waals surface area contributed by atoms with Crippen molar-refractivity contribution < 1.29 is 18.3 Å². The maximum absolute atomic E-state index is 13.9. The van der Waals surface area contributed by atoms with Crippen LogP contribution in [0.2, 0.25) is 0 Å². The van der Waals surface area contributed by atoms with Crippen LogP contribution in [0.3, 0.4) is 0 Å². The van der Waals surface area contributed by atoms with Crippen LogP contribution in [0.15, 0.2) is 12.1 Å². The van der Waals surface area contributed by atoms with Gasteiger partial charge in [-0.05, 0) is 37.0 Å². The quantitative estimate of drug-likeness (QED) is 0.870. The molecule has 2 aliphatic rings. The summed E-state index contributed by atoms with van der Waals surface area (Å²) in [6.07, 6.45) is 3.18. The predicted molar refractivity (Wildman–Crippen MR) is 70.6 cm³/mol. The van der Waals surface area contributed by atoms with Gasteiger partial charge in [-0.1, -0.05) is 0 Å². The average molecular weight is 283 g/mol. The molecule has 20 heavy (non-hydrogen) atoms. The Morgan fingerprint density at radius 1 is 1.20 bits per heavy atom. The number of halogens is 2. The largest absolute Gasteiger partial charge is 0.487 e. The van der Waals surface area contributed by atoms with Crippen LogP contribution in [0.25, 0.3) is 0 Å². The molecule has 0 spiro atoms. The van der Waals surface area contributed by atoms with Crippen LogP contribution in [0.1, 0.15) is 24.8 Å². The molecule has 5 heteroatoms. The van der Waals surface area contributed by atoms with Crippen LogP contribution in [0.5, 0.6) is 5.75 Å². The molecular weight excluding hydrogens is 264 g/mol. The van der Waals surface area contributed by atoms with Crippen molar-refractivity contribution in [2.75, 3.05) is 19.8 Å². The number of hydrogen-bond acceptors (Lipinski definition) is 3. The summed E-state index contributed by atoms with van der Waals surface area (Å²) >= 11 is 0. The van der Waals surface area contributed by atoms with Crippen molar-refractivity contribution >= 4 is 0 Å². The topological polar surface area (TPSA) is 30.5 Å². The van der Waals surface area contributed by atoms with Crippen LogP contribution in [-0.2, 0) is 11.3 Å². The normalized spacial score (nSPS) is 22.2. The predicted octanol–water partition coefficient (Wildman–Crippen LogP) is 2.63. The van der Waals surface area contributed by atoms with Crippen LogP contribution in [0, 0.1) is 17.6 Å². The third-order valence-corrected chi connectivity index (χ3v) is 3.72. The Morgan fingerprint density at radius 3 is 2.55 bits per heavy atom. The van der Waals surface area contributed by atoms with E-state index >= 15 is 0 Å². The van der Waals surface area contributed by atoms with E-state index < -0.39 is 11.6 Å². The summed E-state index contributed by atoms with van der Waals surface area (Å²) in [5, 5.41) is 3.23. The molecule has 1 N–H and O–H groups in total. The van der Waals surface area contributed by atoms with Crippen molar-refractivity contribution in [1.29, 1.82) is 0 Å². The standard InChI is InChI=1S/C15H19F2NO2/c16-13-5-11(7-18-12-1-2-12)6-14(17)15(13)20-9-10-3-4-19-8-10/h5-6,10,12,18H,1-4,7-9H2. The lowest BCUT2D eigenvalue weighted by Gasteiger charge is -2.13. The highest BCUT2D eigenvalue weighted by molar-refractivity contribution is 5.31. The second-order valence-electron chi connectivity index (χ2n) is 5.58. The average Bonchev–Trinajstić information content (AvgIpc) is 3.10. The van der Waals surface area contributed by atoms with Crippen LogP contribution in [0.4, 0.5) is 8.78 Å². The Hall–Kier alpha value is -1.20. The Bertz CT molecular complexity index is 448. The molecule has 2 fully saturated rings. The number of rotatable bonds is 6.